The van der Waals surface area contributed by atoms with Crippen molar-refractivity contribution in [3.05, 3.63) is 65.7 Å². The third kappa shape index (κ3) is 6.57. The van der Waals surface area contributed by atoms with Gasteiger partial charge in [0.2, 0.25) is 11.8 Å². The van der Waals surface area contributed by atoms with Gasteiger partial charge in [-0.2, -0.15) is 0 Å². The lowest BCUT2D eigenvalue weighted by Gasteiger charge is -2.35. The lowest BCUT2D eigenvalue weighted by Crippen LogP contribution is -2.52. The fraction of sp³-hybridized carbons (Fsp3) is 0.375. The van der Waals surface area contributed by atoms with Crippen molar-refractivity contribution in [2.75, 3.05) is 39.3 Å². The number of nitrogens with zero attached hydrogens (tertiary/aromatic N) is 2. The predicted molar refractivity (Wildman–Crippen MR) is 118 cm³/mol. The maximum atomic E-state index is 12.4. The Hall–Kier alpha value is -3.35. The molecule has 7 nitrogen and oxygen atoms in total. The van der Waals surface area contributed by atoms with E-state index in [4.69, 9.17) is 4.74 Å². The molecule has 1 fully saturated rings. The van der Waals surface area contributed by atoms with Crippen LogP contribution in [0.15, 0.2) is 54.6 Å². The number of ether oxygens (including phenoxy) is 1. The van der Waals surface area contributed by atoms with Crippen molar-refractivity contribution in [3.63, 3.8) is 0 Å². The van der Waals surface area contributed by atoms with Gasteiger partial charge in [-0.15, -0.1) is 0 Å². The number of hydrogen-bond acceptors (Lipinski definition) is 4. The number of rotatable bonds is 8. The van der Waals surface area contributed by atoms with Crippen LogP contribution in [0.5, 0.6) is 5.75 Å². The van der Waals surface area contributed by atoms with Gasteiger partial charge in [-0.25, -0.2) is 0 Å². The van der Waals surface area contributed by atoms with E-state index in [2.05, 4.69) is 5.32 Å². The van der Waals surface area contributed by atoms with Gasteiger partial charge in [0.15, 0.2) is 0 Å². The highest BCUT2D eigenvalue weighted by molar-refractivity contribution is 5.96. The molecule has 0 aromatic heterocycles. The smallest absolute Gasteiger partial charge is 0.251 e. The van der Waals surface area contributed by atoms with Crippen LogP contribution in [0.3, 0.4) is 0 Å². The van der Waals surface area contributed by atoms with Crippen LogP contribution in [0.4, 0.5) is 0 Å². The molecule has 164 valence electrons. The lowest BCUT2D eigenvalue weighted by atomic mass is 10.2. The molecule has 31 heavy (non-hydrogen) atoms. The number of para-hydroxylation sites is 1. The number of amides is 3. The van der Waals surface area contributed by atoms with E-state index in [1.54, 1.807) is 34.1 Å². The second-order valence-electron chi connectivity index (χ2n) is 7.53. The zero-order chi connectivity index (χ0) is 22.1. The van der Waals surface area contributed by atoms with Crippen LogP contribution in [-0.2, 0) is 9.59 Å². The summed E-state index contributed by atoms with van der Waals surface area (Å²) in [6, 6.07) is 16.6. The molecule has 0 radical (unpaired) electrons. The summed E-state index contributed by atoms with van der Waals surface area (Å²) < 4.78 is 5.74. The zero-order valence-electron chi connectivity index (χ0n) is 17.9. The molecule has 0 atom stereocenters. The van der Waals surface area contributed by atoms with Crippen molar-refractivity contribution in [1.29, 1.82) is 0 Å². The first-order valence-electron chi connectivity index (χ1n) is 10.6. The molecule has 7 heteroatoms. The van der Waals surface area contributed by atoms with Crippen LogP contribution < -0.4 is 10.1 Å². The summed E-state index contributed by atoms with van der Waals surface area (Å²) in [6.07, 6.45) is 1.07. The maximum absolute atomic E-state index is 12.4. The van der Waals surface area contributed by atoms with Crippen molar-refractivity contribution in [3.8, 4) is 5.75 Å². The summed E-state index contributed by atoms with van der Waals surface area (Å²) in [5.41, 5.74) is 1.60. The van der Waals surface area contributed by atoms with Gasteiger partial charge in [0.1, 0.15) is 5.75 Å². The Morgan fingerprint density at radius 3 is 2.16 bits per heavy atom. The van der Waals surface area contributed by atoms with Gasteiger partial charge in [0, 0.05) is 38.2 Å². The third-order valence-corrected chi connectivity index (χ3v) is 5.31. The van der Waals surface area contributed by atoms with Gasteiger partial charge < -0.3 is 19.9 Å². The Bertz CT molecular complexity index is 893. The van der Waals surface area contributed by atoms with Crippen molar-refractivity contribution >= 4 is 17.7 Å². The number of benzene rings is 2. The standard InChI is InChI=1S/C24H29N3O4/c1-19-8-5-6-11-21(19)31-17-7-12-22(28)26-13-15-27(16-14-26)23(29)18-25-24(30)20-9-3-2-4-10-20/h2-6,8-11H,7,12-18H2,1H3,(H,25,30). The summed E-state index contributed by atoms with van der Waals surface area (Å²) >= 11 is 0. The highest BCUT2D eigenvalue weighted by atomic mass is 16.5. The summed E-state index contributed by atoms with van der Waals surface area (Å²) in [5, 5.41) is 2.66. The zero-order valence-corrected chi connectivity index (χ0v) is 17.9. The minimum atomic E-state index is -0.268. The molecule has 1 aliphatic rings. The molecule has 1 aliphatic heterocycles. The minimum absolute atomic E-state index is 0.0437. The predicted octanol–water partition coefficient (Wildman–Crippen LogP) is 2.25. The van der Waals surface area contributed by atoms with Crippen LogP contribution in [0, 0.1) is 6.92 Å². The third-order valence-electron chi connectivity index (χ3n) is 5.31. The molecule has 0 bridgehead atoms. The van der Waals surface area contributed by atoms with E-state index in [0.29, 0.717) is 51.2 Å². The molecule has 3 amide bonds. The minimum Gasteiger partial charge on any atom is -0.493 e. The Morgan fingerprint density at radius 1 is 0.871 bits per heavy atom. The van der Waals surface area contributed by atoms with Crippen LogP contribution in [0.25, 0.3) is 0 Å². The molecule has 2 aromatic carbocycles. The second kappa shape index (κ2) is 11.2. The topological polar surface area (TPSA) is 79.0 Å². The number of carbonyl (C=O) groups excluding carboxylic acids is 3. The van der Waals surface area contributed by atoms with Gasteiger partial charge in [-0.05, 0) is 37.1 Å². The fourth-order valence-corrected chi connectivity index (χ4v) is 3.45. The molecule has 2 aromatic rings. The number of hydrogen-bond donors (Lipinski definition) is 1. The summed E-state index contributed by atoms with van der Waals surface area (Å²) in [6.45, 7) is 4.42. The maximum Gasteiger partial charge on any atom is 0.251 e. The summed E-state index contributed by atoms with van der Waals surface area (Å²) in [7, 11) is 0. The first kappa shape index (κ1) is 22.3. The second-order valence-corrected chi connectivity index (χ2v) is 7.53. The van der Waals surface area contributed by atoms with E-state index < -0.39 is 0 Å². The highest BCUT2D eigenvalue weighted by Gasteiger charge is 2.24. The van der Waals surface area contributed by atoms with Gasteiger partial charge in [-0.3, -0.25) is 14.4 Å². The SMILES string of the molecule is Cc1ccccc1OCCCC(=O)N1CCN(C(=O)CNC(=O)c2ccccc2)CC1. The first-order valence-corrected chi connectivity index (χ1v) is 10.6. The van der Waals surface area contributed by atoms with Crippen LogP contribution >= 0.6 is 0 Å². The molecular formula is C24H29N3O4. The van der Waals surface area contributed by atoms with Gasteiger partial charge >= 0.3 is 0 Å². The van der Waals surface area contributed by atoms with Crippen molar-refractivity contribution in [2.24, 2.45) is 0 Å². The molecule has 0 saturated carbocycles. The molecule has 1 N–H and O–H groups in total. The largest absolute Gasteiger partial charge is 0.493 e. The fourth-order valence-electron chi connectivity index (χ4n) is 3.45. The van der Waals surface area contributed by atoms with Crippen LogP contribution in [0.2, 0.25) is 0 Å². The molecule has 0 unspecified atom stereocenters. The molecule has 1 heterocycles. The summed E-state index contributed by atoms with van der Waals surface area (Å²) in [5.74, 6) is 0.526. The highest BCUT2D eigenvalue weighted by Crippen LogP contribution is 2.16. The van der Waals surface area contributed by atoms with Crippen molar-refractivity contribution < 1.29 is 19.1 Å². The summed E-state index contributed by atoms with van der Waals surface area (Å²) in [4.78, 5) is 40.4. The van der Waals surface area contributed by atoms with Gasteiger partial charge in [-0.1, -0.05) is 36.4 Å². The van der Waals surface area contributed by atoms with Crippen LogP contribution in [-0.4, -0.2) is 66.9 Å². The monoisotopic (exact) mass is 423 g/mol. The van der Waals surface area contributed by atoms with Gasteiger partial charge in [0.25, 0.3) is 5.91 Å². The van der Waals surface area contributed by atoms with E-state index in [1.807, 2.05) is 37.3 Å². The van der Waals surface area contributed by atoms with E-state index in [1.165, 1.54) is 0 Å². The lowest BCUT2D eigenvalue weighted by molar-refractivity contribution is -0.139. The van der Waals surface area contributed by atoms with Crippen molar-refractivity contribution in [2.45, 2.75) is 19.8 Å². The van der Waals surface area contributed by atoms with E-state index in [9.17, 15) is 14.4 Å². The number of carbonyl (C=O) groups is 3. The molecule has 3 rings (SSSR count). The Morgan fingerprint density at radius 2 is 1.48 bits per heavy atom. The molecule has 0 spiro atoms. The van der Waals surface area contributed by atoms with E-state index in [-0.39, 0.29) is 24.3 Å². The van der Waals surface area contributed by atoms with E-state index >= 15 is 0 Å². The Balaban J connectivity index is 1.33. The van der Waals surface area contributed by atoms with Crippen molar-refractivity contribution in [1.82, 2.24) is 15.1 Å². The Labute approximate surface area is 183 Å². The molecular weight excluding hydrogens is 394 g/mol. The normalized spacial score (nSPS) is 13.6. The van der Waals surface area contributed by atoms with Gasteiger partial charge in [0.05, 0.1) is 13.2 Å². The first-order chi connectivity index (χ1) is 15.0. The quantitative estimate of drug-likeness (QED) is 0.661. The van der Waals surface area contributed by atoms with Crippen LogP contribution in [0.1, 0.15) is 28.8 Å². The molecule has 0 aliphatic carbocycles. The average Bonchev–Trinajstić information content (AvgIpc) is 2.81. The number of nitrogens with one attached hydrogen (secondary N) is 1. The van der Waals surface area contributed by atoms with E-state index in [0.717, 1.165) is 11.3 Å². The number of piperazine rings is 1. The Kier molecular flexibility index (Phi) is 8.04. The molecule has 1 saturated heterocycles. The average molecular weight is 424 g/mol. The number of aryl methyl sites for hydroxylation is 1.